The number of anilines is 1. The number of carboxylic acids is 1. The molecule has 0 atom stereocenters. The summed E-state index contributed by atoms with van der Waals surface area (Å²) in [5.41, 5.74) is 2.85. The van der Waals surface area contributed by atoms with Crippen LogP contribution >= 0.6 is 0 Å². The zero-order valence-electron chi connectivity index (χ0n) is 17.4. The maximum absolute atomic E-state index is 12.3. The summed E-state index contributed by atoms with van der Waals surface area (Å²) in [6, 6.07) is 11.7. The predicted octanol–water partition coefficient (Wildman–Crippen LogP) is 4.07. The molecule has 2 aromatic rings. The first-order chi connectivity index (χ1) is 14.2. The molecule has 3 rings (SSSR count). The van der Waals surface area contributed by atoms with Crippen molar-refractivity contribution >= 4 is 23.3 Å². The minimum absolute atomic E-state index is 0.00843. The SMILES string of the molecule is CC(C)(C)c1cc(/C(COc2ccc(C(=O)O)cc2)=N/O)ccc1N1CCCC1=O. The second-order valence-electron chi connectivity index (χ2n) is 8.30. The first kappa shape index (κ1) is 21.4. The Labute approximate surface area is 175 Å². The van der Waals surface area contributed by atoms with Gasteiger partial charge in [0.15, 0.2) is 0 Å². The van der Waals surface area contributed by atoms with E-state index in [9.17, 15) is 14.8 Å². The summed E-state index contributed by atoms with van der Waals surface area (Å²) in [6.07, 6.45) is 1.41. The second kappa shape index (κ2) is 8.57. The number of carbonyl (C=O) groups excluding carboxylic acids is 1. The number of hydrogen-bond donors (Lipinski definition) is 2. The maximum atomic E-state index is 12.3. The predicted molar refractivity (Wildman–Crippen MR) is 114 cm³/mol. The second-order valence-corrected chi connectivity index (χ2v) is 8.30. The number of nitrogens with zero attached hydrogens (tertiary/aromatic N) is 2. The van der Waals surface area contributed by atoms with Crippen molar-refractivity contribution in [1.29, 1.82) is 0 Å². The number of benzene rings is 2. The molecule has 1 amide bonds. The number of ether oxygens (including phenoxy) is 1. The third-order valence-electron chi connectivity index (χ3n) is 5.10. The largest absolute Gasteiger partial charge is 0.487 e. The average molecular weight is 410 g/mol. The van der Waals surface area contributed by atoms with Gasteiger partial charge in [0.25, 0.3) is 0 Å². The van der Waals surface area contributed by atoms with Gasteiger partial charge in [0.1, 0.15) is 18.1 Å². The van der Waals surface area contributed by atoms with Crippen molar-refractivity contribution in [2.45, 2.75) is 39.0 Å². The van der Waals surface area contributed by atoms with E-state index in [0.29, 0.717) is 30.0 Å². The van der Waals surface area contributed by atoms with E-state index in [2.05, 4.69) is 25.9 Å². The van der Waals surface area contributed by atoms with Crippen molar-refractivity contribution in [3.05, 3.63) is 59.2 Å². The monoisotopic (exact) mass is 410 g/mol. The number of carbonyl (C=O) groups is 2. The smallest absolute Gasteiger partial charge is 0.335 e. The van der Waals surface area contributed by atoms with Crippen LogP contribution in [-0.4, -0.2) is 41.1 Å². The Morgan fingerprint density at radius 1 is 1.13 bits per heavy atom. The summed E-state index contributed by atoms with van der Waals surface area (Å²) in [7, 11) is 0. The lowest BCUT2D eigenvalue weighted by atomic mass is 9.84. The Bertz CT molecular complexity index is 974. The molecule has 0 radical (unpaired) electrons. The molecule has 1 aliphatic rings. The molecule has 0 aromatic heterocycles. The van der Waals surface area contributed by atoms with Gasteiger partial charge >= 0.3 is 5.97 Å². The molecule has 158 valence electrons. The highest BCUT2D eigenvalue weighted by Gasteiger charge is 2.28. The van der Waals surface area contributed by atoms with Gasteiger partial charge in [0.05, 0.1) is 5.56 Å². The molecule has 7 nitrogen and oxygen atoms in total. The van der Waals surface area contributed by atoms with Gasteiger partial charge in [-0.15, -0.1) is 0 Å². The molecule has 30 heavy (non-hydrogen) atoms. The third kappa shape index (κ3) is 4.62. The van der Waals surface area contributed by atoms with Crippen LogP contribution in [0.25, 0.3) is 0 Å². The minimum atomic E-state index is -1.01. The van der Waals surface area contributed by atoms with Gasteiger partial charge in [-0.1, -0.05) is 32.0 Å². The fourth-order valence-electron chi connectivity index (χ4n) is 3.47. The van der Waals surface area contributed by atoms with E-state index < -0.39 is 5.97 Å². The van der Waals surface area contributed by atoms with Gasteiger partial charge in [0.2, 0.25) is 5.91 Å². The van der Waals surface area contributed by atoms with Gasteiger partial charge in [-0.3, -0.25) is 4.79 Å². The Kier molecular flexibility index (Phi) is 6.10. The lowest BCUT2D eigenvalue weighted by Gasteiger charge is -2.28. The lowest BCUT2D eigenvalue weighted by Crippen LogP contribution is -2.28. The van der Waals surface area contributed by atoms with Crippen LogP contribution in [0.15, 0.2) is 47.6 Å². The zero-order chi connectivity index (χ0) is 21.9. The lowest BCUT2D eigenvalue weighted by molar-refractivity contribution is -0.117. The number of aromatic carboxylic acids is 1. The number of oxime groups is 1. The van der Waals surface area contributed by atoms with Crippen LogP contribution in [0.3, 0.4) is 0 Å². The Morgan fingerprint density at radius 2 is 1.80 bits per heavy atom. The van der Waals surface area contributed by atoms with Crippen LogP contribution in [0.2, 0.25) is 0 Å². The fraction of sp³-hybridized carbons (Fsp3) is 0.348. The molecular formula is C23H26N2O5. The molecule has 1 fully saturated rings. The molecule has 2 aromatic carbocycles. The van der Waals surface area contributed by atoms with Crippen molar-refractivity contribution < 1.29 is 24.6 Å². The van der Waals surface area contributed by atoms with E-state index >= 15 is 0 Å². The molecule has 1 heterocycles. The van der Waals surface area contributed by atoms with Crippen molar-refractivity contribution in [1.82, 2.24) is 0 Å². The topological polar surface area (TPSA) is 99.4 Å². The summed E-state index contributed by atoms with van der Waals surface area (Å²) in [5.74, 6) is -0.417. The summed E-state index contributed by atoms with van der Waals surface area (Å²) >= 11 is 0. The standard InChI is InChI=1S/C23H26N2O5/c1-23(2,3)18-13-16(8-11-20(18)25-12-4-5-21(25)26)19(24-29)14-30-17-9-6-15(7-10-17)22(27)28/h6-11,13,29H,4-5,12,14H2,1-3H3,(H,27,28)/b24-19+. The molecule has 0 aliphatic carbocycles. The highest BCUT2D eigenvalue weighted by atomic mass is 16.5. The van der Waals surface area contributed by atoms with Crippen LogP contribution in [0.1, 0.15) is 55.1 Å². The highest BCUT2D eigenvalue weighted by molar-refractivity contribution is 6.03. The van der Waals surface area contributed by atoms with Gasteiger partial charge in [0, 0.05) is 24.2 Å². The molecule has 7 heteroatoms. The molecular weight excluding hydrogens is 384 g/mol. The molecule has 0 bridgehead atoms. The summed E-state index contributed by atoms with van der Waals surface area (Å²) in [4.78, 5) is 25.0. The van der Waals surface area contributed by atoms with Crippen LogP contribution in [0.4, 0.5) is 5.69 Å². The maximum Gasteiger partial charge on any atom is 0.335 e. The van der Waals surface area contributed by atoms with E-state index in [4.69, 9.17) is 9.84 Å². The van der Waals surface area contributed by atoms with Gasteiger partial charge < -0.3 is 20.0 Å². The number of amides is 1. The molecule has 0 unspecified atom stereocenters. The van der Waals surface area contributed by atoms with Crippen molar-refractivity contribution in [3.8, 4) is 5.75 Å². The molecule has 0 spiro atoms. The normalized spacial score (nSPS) is 14.8. The average Bonchev–Trinajstić information content (AvgIpc) is 3.13. The summed E-state index contributed by atoms with van der Waals surface area (Å²) in [5, 5.41) is 21.9. The van der Waals surface area contributed by atoms with Crippen LogP contribution < -0.4 is 9.64 Å². The van der Waals surface area contributed by atoms with Gasteiger partial charge in [-0.25, -0.2) is 4.79 Å². The molecule has 0 saturated carbocycles. The van der Waals surface area contributed by atoms with Crippen molar-refractivity contribution in [2.24, 2.45) is 5.16 Å². The van der Waals surface area contributed by atoms with Crippen LogP contribution in [0.5, 0.6) is 5.75 Å². The van der Waals surface area contributed by atoms with Gasteiger partial charge in [-0.05, 0) is 53.8 Å². The zero-order valence-corrected chi connectivity index (χ0v) is 17.4. The fourth-order valence-corrected chi connectivity index (χ4v) is 3.47. The summed E-state index contributed by atoms with van der Waals surface area (Å²) < 4.78 is 5.67. The first-order valence-electron chi connectivity index (χ1n) is 9.83. The van der Waals surface area contributed by atoms with Crippen molar-refractivity contribution in [2.75, 3.05) is 18.1 Å². The molecule has 2 N–H and O–H groups in total. The number of carboxylic acid groups (broad SMARTS) is 1. The van der Waals surface area contributed by atoms with E-state index in [1.165, 1.54) is 12.1 Å². The quantitative estimate of drug-likeness (QED) is 0.425. The summed E-state index contributed by atoms with van der Waals surface area (Å²) in [6.45, 7) is 6.94. The molecule has 1 saturated heterocycles. The van der Waals surface area contributed by atoms with Crippen LogP contribution in [-0.2, 0) is 10.2 Å². The number of rotatable bonds is 6. The third-order valence-corrected chi connectivity index (χ3v) is 5.10. The Hall–Kier alpha value is -3.35. The Morgan fingerprint density at radius 3 is 2.33 bits per heavy atom. The highest BCUT2D eigenvalue weighted by Crippen LogP contribution is 2.35. The van der Waals surface area contributed by atoms with Crippen LogP contribution in [0, 0.1) is 0 Å². The number of hydrogen-bond acceptors (Lipinski definition) is 5. The Balaban J connectivity index is 1.84. The first-order valence-corrected chi connectivity index (χ1v) is 9.83. The van der Waals surface area contributed by atoms with Gasteiger partial charge in [-0.2, -0.15) is 0 Å². The van der Waals surface area contributed by atoms with E-state index in [-0.39, 0.29) is 23.5 Å². The van der Waals surface area contributed by atoms with E-state index in [1.54, 1.807) is 12.1 Å². The van der Waals surface area contributed by atoms with E-state index in [0.717, 1.165) is 17.7 Å². The van der Waals surface area contributed by atoms with Crippen molar-refractivity contribution in [3.63, 3.8) is 0 Å². The minimum Gasteiger partial charge on any atom is -0.487 e. The van der Waals surface area contributed by atoms with E-state index in [1.807, 2.05) is 23.1 Å². The molecule has 1 aliphatic heterocycles.